The molecule has 0 radical (unpaired) electrons. The van der Waals surface area contributed by atoms with Gasteiger partial charge in [0.05, 0.1) is 23.0 Å². The molecular formula is C24H24N6O2S. The third-order valence-electron chi connectivity index (χ3n) is 5.62. The van der Waals surface area contributed by atoms with Gasteiger partial charge in [0.2, 0.25) is 0 Å². The van der Waals surface area contributed by atoms with Crippen LogP contribution >= 0.6 is 11.3 Å². The molecule has 1 unspecified atom stereocenters. The molecule has 0 saturated carbocycles. The number of aliphatic hydroxyl groups excluding tert-OH is 1. The molecule has 168 valence electrons. The molecule has 0 spiro atoms. The highest BCUT2D eigenvalue weighted by Crippen LogP contribution is 2.33. The van der Waals surface area contributed by atoms with Crippen LogP contribution in [0.2, 0.25) is 0 Å². The van der Waals surface area contributed by atoms with Crippen molar-refractivity contribution in [2.75, 3.05) is 0 Å². The van der Waals surface area contributed by atoms with Crippen LogP contribution in [0.3, 0.4) is 0 Å². The number of imidazole rings is 1. The molecule has 5 heterocycles. The van der Waals surface area contributed by atoms with E-state index in [1.807, 2.05) is 42.2 Å². The van der Waals surface area contributed by atoms with Gasteiger partial charge in [-0.25, -0.2) is 4.98 Å². The third kappa shape index (κ3) is 4.13. The average Bonchev–Trinajstić information content (AvgIpc) is 3.53. The molecule has 5 rings (SSSR count). The first-order chi connectivity index (χ1) is 15.9. The normalized spacial score (nSPS) is 12.5. The summed E-state index contributed by atoms with van der Waals surface area (Å²) in [7, 11) is 3.58. The number of hydrogen-bond donors (Lipinski definition) is 2. The lowest BCUT2D eigenvalue weighted by Gasteiger charge is -2.16. The predicted molar refractivity (Wildman–Crippen MR) is 129 cm³/mol. The molecule has 33 heavy (non-hydrogen) atoms. The van der Waals surface area contributed by atoms with Crippen molar-refractivity contribution in [2.24, 2.45) is 14.1 Å². The standard InChI is InChI=1S/C24H24N6O2S/c1-15-4-5-21(33-15)20-12-25-23-19(18-11-27-29(3)13-18)9-17(14-30(20)23)24(32)26-10-16-6-7-28(2)22(31)8-16/h4-9,11-14,24,26,32H,10H2,1-3H3. The molecule has 0 saturated heterocycles. The summed E-state index contributed by atoms with van der Waals surface area (Å²) >= 11 is 1.70. The molecule has 0 bridgehead atoms. The van der Waals surface area contributed by atoms with Gasteiger partial charge in [-0.15, -0.1) is 11.3 Å². The quantitative estimate of drug-likeness (QED) is 0.380. The summed E-state index contributed by atoms with van der Waals surface area (Å²) in [6, 6.07) is 9.54. The van der Waals surface area contributed by atoms with E-state index < -0.39 is 6.23 Å². The Hall–Kier alpha value is -3.53. The highest BCUT2D eigenvalue weighted by atomic mass is 32.1. The molecule has 0 aliphatic heterocycles. The van der Waals surface area contributed by atoms with Gasteiger partial charge in [-0.1, -0.05) is 0 Å². The molecule has 5 aromatic rings. The maximum Gasteiger partial charge on any atom is 0.250 e. The lowest BCUT2D eigenvalue weighted by Crippen LogP contribution is -2.23. The molecule has 2 N–H and O–H groups in total. The maximum absolute atomic E-state index is 11.9. The lowest BCUT2D eigenvalue weighted by molar-refractivity contribution is 0.136. The van der Waals surface area contributed by atoms with E-state index in [2.05, 4.69) is 29.5 Å². The Labute approximate surface area is 194 Å². The van der Waals surface area contributed by atoms with Crippen molar-refractivity contribution in [3.8, 4) is 21.7 Å². The topological polar surface area (TPSA) is 89.4 Å². The van der Waals surface area contributed by atoms with Crippen molar-refractivity contribution in [3.05, 3.63) is 87.7 Å². The van der Waals surface area contributed by atoms with E-state index in [0.717, 1.165) is 32.9 Å². The Bertz CT molecular complexity index is 1510. The third-order valence-corrected chi connectivity index (χ3v) is 6.64. The summed E-state index contributed by atoms with van der Waals surface area (Å²) in [6.45, 7) is 2.44. The lowest BCUT2D eigenvalue weighted by atomic mass is 10.1. The van der Waals surface area contributed by atoms with Crippen LogP contribution in [0, 0.1) is 6.92 Å². The van der Waals surface area contributed by atoms with E-state index in [-0.39, 0.29) is 5.56 Å². The largest absolute Gasteiger partial charge is 0.374 e. The molecule has 9 heteroatoms. The van der Waals surface area contributed by atoms with Crippen LogP contribution in [0.4, 0.5) is 0 Å². The Kier molecular flexibility index (Phi) is 5.45. The van der Waals surface area contributed by atoms with Crippen LogP contribution in [-0.2, 0) is 20.6 Å². The summed E-state index contributed by atoms with van der Waals surface area (Å²) in [4.78, 5) is 18.9. The first-order valence-electron chi connectivity index (χ1n) is 10.5. The Morgan fingerprint density at radius 1 is 1.15 bits per heavy atom. The minimum atomic E-state index is -0.936. The van der Waals surface area contributed by atoms with Gasteiger partial charge in [0, 0.05) is 66.9 Å². The number of fused-ring (bicyclic) bond motifs is 1. The average molecular weight is 461 g/mol. The van der Waals surface area contributed by atoms with E-state index in [0.29, 0.717) is 12.1 Å². The van der Waals surface area contributed by atoms with Gasteiger partial charge >= 0.3 is 0 Å². The summed E-state index contributed by atoms with van der Waals surface area (Å²) in [5, 5.41) is 18.4. The minimum absolute atomic E-state index is 0.0848. The second-order valence-corrected chi connectivity index (χ2v) is 9.39. The summed E-state index contributed by atoms with van der Waals surface area (Å²) in [5.74, 6) is 0. The van der Waals surface area contributed by atoms with Crippen molar-refractivity contribution in [3.63, 3.8) is 0 Å². The molecule has 0 fully saturated rings. The number of pyridine rings is 2. The molecular weight excluding hydrogens is 436 g/mol. The van der Waals surface area contributed by atoms with Crippen molar-refractivity contribution in [1.82, 2.24) is 29.0 Å². The number of thiophene rings is 1. The van der Waals surface area contributed by atoms with Gasteiger partial charge in [-0.3, -0.25) is 19.2 Å². The van der Waals surface area contributed by atoms with Gasteiger partial charge in [0.1, 0.15) is 11.9 Å². The van der Waals surface area contributed by atoms with E-state index in [1.165, 1.54) is 9.44 Å². The SMILES string of the molecule is Cc1ccc(-c2cnc3c(-c4cnn(C)c4)cc(C(O)NCc4ccn(C)c(=O)c4)cn23)s1. The second-order valence-electron chi connectivity index (χ2n) is 8.10. The first kappa shape index (κ1) is 21.3. The zero-order chi connectivity index (χ0) is 23.1. The van der Waals surface area contributed by atoms with Gasteiger partial charge in [-0.05, 0) is 36.8 Å². The molecule has 1 atom stereocenters. The van der Waals surface area contributed by atoms with Gasteiger partial charge in [0.15, 0.2) is 0 Å². The van der Waals surface area contributed by atoms with E-state index in [9.17, 15) is 9.90 Å². The maximum atomic E-state index is 11.9. The van der Waals surface area contributed by atoms with Crippen LogP contribution in [0.25, 0.3) is 27.3 Å². The number of aliphatic hydroxyl groups is 1. The van der Waals surface area contributed by atoms with Crippen molar-refractivity contribution in [1.29, 1.82) is 0 Å². The van der Waals surface area contributed by atoms with Crippen LogP contribution in [0.5, 0.6) is 0 Å². The minimum Gasteiger partial charge on any atom is -0.374 e. The molecule has 0 aromatic carbocycles. The number of hydrogen-bond acceptors (Lipinski definition) is 6. The van der Waals surface area contributed by atoms with Crippen molar-refractivity contribution in [2.45, 2.75) is 19.7 Å². The smallest absolute Gasteiger partial charge is 0.250 e. The Morgan fingerprint density at radius 3 is 2.70 bits per heavy atom. The fourth-order valence-electron chi connectivity index (χ4n) is 3.82. The zero-order valence-electron chi connectivity index (χ0n) is 18.6. The van der Waals surface area contributed by atoms with Crippen molar-refractivity contribution < 1.29 is 5.11 Å². The second kappa shape index (κ2) is 8.43. The highest BCUT2D eigenvalue weighted by molar-refractivity contribution is 7.15. The number of aryl methyl sites for hydroxylation is 3. The molecule has 5 aromatic heterocycles. The molecule has 0 aliphatic carbocycles. The Morgan fingerprint density at radius 2 is 2.00 bits per heavy atom. The number of rotatable bonds is 6. The summed E-state index contributed by atoms with van der Waals surface area (Å²) in [6.07, 6.45) is 8.29. The zero-order valence-corrected chi connectivity index (χ0v) is 19.4. The summed E-state index contributed by atoms with van der Waals surface area (Å²) < 4.78 is 5.28. The van der Waals surface area contributed by atoms with E-state index in [1.54, 1.807) is 41.5 Å². The van der Waals surface area contributed by atoms with Crippen LogP contribution in [0.1, 0.15) is 22.2 Å². The first-order valence-corrected chi connectivity index (χ1v) is 11.3. The molecule has 0 aliphatic rings. The fraction of sp³-hybridized carbons (Fsp3) is 0.208. The monoisotopic (exact) mass is 460 g/mol. The predicted octanol–water partition coefficient (Wildman–Crippen LogP) is 3.25. The number of nitrogens with one attached hydrogen (secondary N) is 1. The van der Waals surface area contributed by atoms with Gasteiger partial charge < -0.3 is 9.67 Å². The Balaban J connectivity index is 1.55. The molecule has 0 amide bonds. The van der Waals surface area contributed by atoms with Crippen molar-refractivity contribution >= 4 is 17.0 Å². The van der Waals surface area contributed by atoms with Gasteiger partial charge in [0.25, 0.3) is 5.56 Å². The number of nitrogens with zero attached hydrogens (tertiary/aromatic N) is 5. The fourth-order valence-corrected chi connectivity index (χ4v) is 4.69. The van der Waals surface area contributed by atoms with E-state index in [4.69, 9.17) is 4.98 Å². The number of aromatic nitrogens is 5. The molecule has 8 nitrogen and oxygen atoms in total. The van der Waals surface area contributed by atoms with Crippen LogP contribution in [-0.4, -0.2) is 28.8 Å². The van der Waals surface area contributed by atoms with Gasteiger partial charge in [-0.2, -0.15) is 5.10 Å². The summed E-state index contributed by atoms with van der Waals surface area (Å²) in [5.41, 5.74) is 4.98. The van der Waals surface area contributed by atoms with Crippen LogP contribution < -0.4 is 10.9 Å². The van der Waals surface area contributed by atoms with Crippen LogP contribution in [0.15, 0.2) is 66.1 Å². The highest BCUT2D eigenvalue weighted by Gasteiger charge is 2.18. The van der Waals surface area contributed by atoms with E-state index >= 15 is 0 Å².